The van der Waals surface area contributed by atoms with Gasteiger partial charge in [0.25, 0.3) is 11.8 Å². The first-order valence-electron chi connectivity index (χ1n) is 14.6. The summed E-state index contributed by atoms with van der Waals surface area (Å²) < 4.78 is 7.76. The first-order chi connectivity index (χ1) is 20.0. The molecular formula is C32H34N4O5. The Morgan fingerprint density at radius 2 is 1.56 bits per heavy atom. The lowest BCUT2D eigenvalue weighted by molar-refractivity contribution is -0.140. The second kappa shape index (κ2) is 11.7. The molecule has 0 radical (unpaired) electrons. The summed E-state index contributed by atoms with van der Waals surface area (Å²) in [5.41, 5.74) is 3.43. The van der Waals surface area contributed by atoms with Gasteiger partial charge in [-0.25, -0.2) is 9.78 Å². The highest BCUT2D eigenvalue weighted by molar-refractivity contribution is 5.96. The number of carbonyl (C=O) groups is 2. The highest BCUT2D eigenvalue weighted by Crippen LogP contribution is 2.38. The predicted octanol–water partition coefficient (Wildman–Crippen LogP) is 6.48. The van der Waals surface area contributed by atoms with Crippen LogP contribution in [-0.4, -0.2) is 41.9 Å². The molecular weight excluding hydrogens is 520 g/mol. The molecule has 2 fully saturated rings. The quantitative estimate of drug-likeness (QED) is 0.249. The lowest BCUT2D eigenvalue weighted by atomic mass is 9.88. The number of hydrogen-bond donors (Lipinski definition) is 2. The molecule has 9 heteroatoms. The molecule has 41 heavy (non-hydrogen) atoms. The minimum Gasteiger partial charge on any atom is -0.491 e. The standard InChI is InChI=1S/C32H34N4O5/c37-29-27-26(30(35-34-29)41-32(40)23-11-5-2-6-12-23)33-28(22-9-3-1-4-10-22)36(27)19-20-15-17-21(18-16-20)24-13-7-8-14-25(24)31(38)39/h7-8,13-18,22-23H,1-6,9-12,19H2,(H,34,37)(H,38,39). The van der Waals surface area contributed by atoms with Crippen LogP contribution in [0, 0.1) is 5.92 Å². The Balaban J connectivity index is 1.36. The van der Waals surface area contributed by atoms with Gasteiger partial charge in [0.2, 0.25) is 0 Å². The lowest BCUT2D eigenvalue weighted by Crippen LogP contribution is -2.23. The maximum Gasteiger partial charge on any atom is 0.336 e. The van der Waals surface area contributed by atoms with Crippen molar-refractivity contribution < 1.29 is 24.5 Å². The molecule has 9 nitrogen and oxygen atoms in total. The number of aromatic hydroxyl groups is 1. The zero-order chi connectivity index (χ0) is 28.3. The Bertz CT molecular complexity index is 1570. The number of esters is 1. The molecule has 0 aliphatic heterocycles. The highest BCUT2D eigenvalue weighted by Gasteiger charge is 2.29. The zero-order valence-corrected chi connectivity index (χ0v) is 23.0. The van der Waals surface area contributed by atoms with Crippen molar-refractivity contribution in [2.45, 2.75) is 76.7 Å². The minimum absolute atomic E-state index is 0.0461. The molecule has 0 amide bonds. The van der Waals surface area contributed by atoms with Gasteiger partial charge in [-0.2, -0.15) is 0 Å². The molecule has 0 saturated heterocycles. The molecule has 0 spiro atoms. The number of carbonyl (C=O) groups excluding carboxylic acids is 1. The van der Waals surface area contributed by atoms with Crippen molar-refractivity contribution in [1.29, 1.82) is 0 Å². The third kappa shape index (κ3) is 5.53. The maximum absolute atomic E-state index is 13.0. The Hall–Kier alpha value is -4.27. The van der Waals surface area contributed by atoms with Gasteiger partial charge in [0.1, 0.15) is 11.3 Å². The first-order valence-corrected chi connectivity index (χ1v) is 14.6. The van der Waals surface area contributed by atoms with Gasteiger partial charge in [0.15, 0.2) is 5.52 Å². The number of carboxylic acids is 1. The van der Waals surface area contributed by atoms with Crippen molar-refractivity contribution in [3.8, 4) is 22.9 Å². The van der Waals surface area contributed by atoms with E-state index >= 15 is 0 Å². The molecule has 2 N–H and O–H groups in total. The molecule has 2 aliphatic carbocycles. The molecule has 2 aliphatic rings. The van der Waals surface area contributed by atoms with Crippen molar-refractivity contribution in [1.82, 2.24) is 19.7 Å². The minimum atomic E-state index is -0.969. The third-order valence-electron chi connectivity index (χ3n) is 8.52. The van der Waals surface area contributed by atoms with Crippen molar-refractivity contribution in [2.24, 2.45) is 5.92 Å². The summed E-state index contributed by atoms with van der Waals surface area (Å²) in [7, 11) is 0. The van der Waals surface area contributed by atoms with Crippen LogP contribution in [0.3, 0.4) is 0 Å². The topological polar surface area (TPSA) is 127 Å². The molecule has 2 saturated carbocycles. The molecule has 4 aromatic rings. The number of fused-ring (bicyclic) bond motifs is 1. The van der Waals surface area contributed by atoms with Crippen LogP contribution in [0.5, 0.6) is 11.8 Å². The van der Waals surface area contributed by atoms with Crippen LogP contribution in [0.1, 0.15) is 91.9 Å². The Morgan fingerprint density at radius 3 is 2.27 bits per heavy atom. The lowest BCUT2D eigenvalue weighted by Gasteiger charge is -2.22. The third-order valence-corrected chi connectivity index (χ3v) is 8.52. The molecule has 0 bridgehead atoms. The van der Waals surface area contributed by atoms with Crippen molar-refractivity contribution in [2.75, 3.05) is 0 Å². The van der Waals surface area contributed by atoms with Gasteiger partial charge in [-0.1, -0.05) is 81.0 Å². The van der Waals surface area contributed by atoms with Crippen LogP contribution >= 0.6 is 0 Å². The van der Waals surface area contributed by atoms with E-state index in [2.05, 4.69) is 10.2 Å². The first kappa shape index (κ1) is 26.9. The highest BCUT2D eigenvalue weighted by atomic mass is 16.5. The van der Waals surface area contributed by atoms with E-state index in [0.717, 1.165) is 74.7 Å². The number of nitrogens with zero attached hydrogens (tertiary/aromatic N) is 4. The molecule has 212 valence electrons. The summed E-state index contributed by atoms with van der Waals surface area (Å²) in [4.78, 5) is 29.6. The van der Waals surface area contributed by atoms with Crippen molar-refractivity contribution in [3.05, 3.63) is 65.5 Å². The molecule has 2 heterocycles. The van der Waals surface area contributed by atoms with Gasteiger partial charge in [-0.15, -0.1) is 10.2 Å². The summed E-state index contributed by atoms with van der Waals surface area (Å²) in [6, 6.07) is 14.7. The van der Waals surface area contributed by atoms with Crippen LogP contribution in [0.25, 0.3) is 22.2 Å². The molecule has 6 rings (SSSR count). The van der Waals surface area contributed by atoms with Crippen LogP contribution in [0.4, 0.5) is 0 Å². The summed E-state index contributed by atoms with van der Waals surface area (Å²) in [5.74, 6) is -0.595. The molecule has 0 unspecified atom stereocenters. The summed E-state index contributed by atoms with van der Waals surface area (Å²) in [6.45, 7) is 0.415. The van der Waals surface area contributed by atoms with E-state index < -0.39 is 5.97 Å². The zero-order valence-electron chi connectivity index (χ0n) is 23.0. The van der Waals surface area contributed by atoms with Gasteiger partial charge >= 0.3 is 11.9 Å². The van der Waals surface area contributed by atoms with E-state index in [1.807, 2.05) is 34.9 Å². The van der Waals surface area contributed by atoms with E-state index in [9.17, 15) is 19.8 Å². The average Bonchev–Trinajstić information content (AvgIpc) is 3.40. The van der Waals surface area contributed by atoms with E-state index in [1.54, 1.807) is 18.2 Å². The average molecular weight is 555 g/mol. The van der Waals surface area contributed by atoms with Gasteiger partial charge < -0.3 is 19.5 Å². The van der Waals surface area contributed by atoms with Crippen molar-refractivity contribution >= 4 is 23.0 Å². The molecule has 2 aromatic heterocycles. The van der Waals surface area contributed by atoms with Crippen molar-refractivity contribution in [3.63, 3.8) is 0 Å². The fourth-order valence-electron chi connectivity index (χ4n) is 6.35. The fraction of sp³-hybridized carbons (Fsp3) is 0.406. The summed E-state index contributed by atoms with van der Waals surface area (Å²) in [5, 5.41) is 28.5. The summed E-state index contributed by atoms with van der Waals surface area (Å²) >= 11 is 0. The Labute approximate surface area is 238 Å². The normalized spacial score (nSPS) is 16.6. The molecule has 0 atom stereocenters. The summed E-state index contributed by atoms with van der Waals surface area (Å²) in [6.07, 6.45) is 10.2. The largest absolute Gasteiger partial charge is 0.491 e. The number of imidazole rings is 1. The Morgan fingerprint density at radius 1 is 0.878 bits per heavy atom. The SMILES string of the molecule is O=C(O)c1ccccc1-c1ccc(Cn2c(C3CCCCC3)nc3c(OC(=O)C4CCCCC4)nnc(O)c32)cc1. The smallest absolute Gasteiger partial charge is 0.336 e. The van der Waals surface area contributed by atoms with E-state index in [0.29, 0.717) is 23.1 Å². The fourth-order valence-corrected chi connectivity index (χ4v) is 6.35. The second-order valence-corrected chi connectivity index (χ2v) is 11.2. The predicted molar refractivity (Wildman–Crippen MR) is 153 cm³/mol. The number of aromatic carboxylic acids is 1. The van der Waals surface area contributed by atoms with Crippen LogP contribution in [0.2, 0.25) is 0 Å². The maximum atomic E-state index is 13.0. The van der Waals surface area contributed by atoms with Crippen LogP contribution in [-0.2, 0) is 11.3 Å². The van der Waals surface area contributed by atoms with Gasteiger partial charge in [0.05, 0.1) is 11.5 Å². The number of hydrogen-bond acceptors (Lipinski definition) is 7. The van der Waals surface area contributed by atoms with Crippen LogP contribution < -0.4 is 4.74 Å². The second-order valence-electron chi connectivity index (χ2n) is 11.2. The molecule has 2 aromatic carbocycles. The van der Waals surface area contributed by atoms with Crippen LogP contribution in [0.15, 0.2) is 48.5 Å². The van der Waals surface area contributed by atoms with Gasteiger partial charge in [-0.05, 0) is 48.4 Å². The van der Waals surface area contributed by atoms with Gasteiger partial charge in [0, 0.05) is 12.5 Å². The number of ether oxygens (including phenoxy) is 1. The van der Waals surface area contributed by atoms with Gasteiger partial charge in [-0.3, -0.25) is 4.79 Å². The number of aromatic nitrogens is 4. The number of benzene rings is 2. The van der Waals surface area contributed by atoms with E-state index in [4.69, 9.17) is 9.72 Å². The Kier molecular flexibility index (Phi) is 7.67. The number of carboxylic acid groups (broad SMARTS) is 1. The van der Waals surface area contributed by atoms with E-state index in [1.165, 1.54) is 6.42 Å². The number of rotatable bonds is 7. The van der Waals surface area contributed by atoms with E-state index in [-0.39, 0.29) is 35.1 Å². The monoisotopic (exact) mass is 554 g/mol.